The molecule has 0 amide bonds. The summed E-state index contributed by atoms with van der Waals surface area (Å²) in [6.45, 7) is 0.0136. The van der Waals surface area contributed by atoms with Crippen LogP contribution in [0.25, 0.3) is 0 Å². The molecule has 1 aliphatic rings. The molecular weight excluding hydrogens is 142 g/mol. The SMILES string of the molecule is O=C(O)CNC1=CCC=CC1. The summed E-state index contributed by atoms with van der Waals surface area (Å²) in [4.78, 5) is 10.1. The molecule has 0 radical (unpaired) electrons. The van der Waals surface area contributed by atoms with E-state index in [1.165, 1.54) is 0 Å². The Morgan fingerprint density at radius 3 is 3.00 bits per heavy atom. The maximum Gasteiger partial charge on any atom is 0.322 e. The molecule has 3 heteroatoms. The Kier molecular flexibility index (Phi) is 2.72. The Hall–Kier alpha value is -1.25. The maximum atomic E-state index is 10.1. The number of aliphatic carboxylic acids is 1. The number of carboxylic acid groups (broad SMARTS) is 1. The molecule has 0 bridgehead atoms. The quantitative estimate of drug-likeness (QED) is 0.592. The zero-order chi connectivity index (χ0) is 8.10. The smallest absolute Gasteiger partial charge is 0.322 e. The van der Waals surface area contributed by atoms with Gasteiger partial charge in [0.2, 0.25) is 0 Å². The minimum atomic E-state index is -0.819. The van der Waals surface area contributed by atoms with Gasteiger partial charge in [-0.2, -0.15) is 0 Å². The van der Waals surface area contributed by atoms with Crippen molar-refractivity contribution in [2.75, 3.05) is 6.54 Å². The molecule has 0 unspecified atom stereocenters. The number of carboxylic acids is 1. The van der Waals surface area contributed by atoms with Crippen LogP contribution in [0.1, 0.15) is 12.8 Å². The fourth-order valence-corrected chi connectivity index (χ4v) is 0.934. The predicted octanol–water partition coefficient (Wildman–Crippen LogP) is 0.895. The summed E-state index contributed by atoms with van der Waals surface area (Å²) in [7, 11) is 0. The zero-order valence-corrected chi connectivity index (χ0v) is 6.21. The van der Waals surface area contributed by atoms with Crippen molar-refractivity contribution in [2.24, 2.45) is 0 Å². The molecule has 0 atom stereocenters. The van der Waals surface area contributed by atoms with Crippen LogP contribution in [0, 0.1) is 0 Å². The van der Waals surface area contributed by atoms with E-state index in [9.17, 15) is 4.79 Å². The molecule has 0 saturated carbocycles. The molecule has 0 aliphatic heterocycles. The molecule has 0 saturated heterocycles. The molecule has 1 aliphatic carbocycles. The van der Waals surface area contributed by atoms with Crippen molar-refractivity contribution in [3.8, 4) is 0 Å². The molecule has 0 aromatic carbocycles. The van der Waals surface area contributed by atoms with Gasteiger partial charge in [-0.05, 0) is 6.42 Å². The van der Waals surface area contributed by atoms with Crippen molar-refractivity contribution in [1.29, 1.82) is 0 Å². The monoisotopic (exact) mass is 153 g/mol. The maximum absolute atomic E-state index is 10.1. The molecule has 2 N–H and O–H groups in total. The van der Waals surface area contributed by atoms with Gasteiger partial charge in [0, 0.05) is 12.1 Å². The van der Waals surface area contributed by atoms with Gasteiger partial charge in [0.15, 0.2) is 0 Å². The van der Waals surface area contributed by atoms with Crippen molar-refractivity contribution >= 4 is 5.97 Å². The lowest BCUT2D eigenvalue weighted by Crippen LogP contribution is -2.22. The second kappa shape index (κ2) is 3.81. The van der Waals surface area contributed by atoms with Gasteiger partial charge in [-0.1, -0.05) is 18.2 Å². The summed E-state index contributed by atoms with van der Waals surface area (Å²) in [6.07, 6.45) is 7.83. The lowest BCUT2D eigenvalue weighted by atomic mass is 10.1. The lowest BCUT2D eigenvalue weighted by Gasteiger charge is -2.08. The number of hydrogen-bond donors (Lipinski definition) is 2. The highest BCUT2D eigenvalue weighted by atomic mass is 16.4. The fraction of sp³-hybridized carbons (Fsp3) is 0.375. The summed E-state index contributed by atoms with van der Waals surface area (Å²) in [6, 6.07) is 0. The van der Waals surface area contributed by atoms with Crippen LogP contribution < -0.4 is 5.32 Å². The van der Waals surface area contributed by atoms with Gasteiger partial charge in [-0.3, -0.25) is 4.79 Å². The van der Waals surface area contributed by atoms with Gasteiger partial charge in [-0.25, -0.2) is 0 Å². The Morgan fingerprint density at radius 1 is 1.64 bits per heavy atom. The van der Waals surface area contributed by atoms with Crippen molar-refractivity contribution < 1.29 is 9.90 Å². The number of hydrogen-bond acceptors (Lipinski definition) is 2. The van der Waals surface area contributed by atoms with E-state index in [2.05, 4.69) is 11.4 Å². The van der Waals surface area contributed by atoms with Crippen LogP contribution in [0.2, 0.25) is 0 Å². The molecule has 0 fully saturated rings. The Labute approximate surface area is 65.4 Å². The van der Waals surface area contributed by atoms with Crippen LogP contribution >= 0.6 is 0 Å². The van der Waals surface area contributed by atoms with Gasteiger partial charge >= 0.3 is 5.97 Å². The average molecular weight is 153 g/mol. The van der Waals surface area contributed by atoms with E-state index in [0.29, 0.717) is 0 Å². The number of carbonyl (C=O) groups is 1. The normalized spacial score (nSPS) is 15.8. The molecule has 0 heterocycles. The second-order valence-electron chi connectivity index (χ2n) is 2.39. The molecular formula is C8H11NO2. The topological polar surface area (TPSA) is 49.3 Å². The molecule has 0 aromatic rings. The summed E-state index contributed by atoms with van der Waals surface area (Å²) < 4.78 is 0. The average Bonchev–Trinajstić information content (AvgIpc) is 2.03. The van der Waals surface area contributed by atoms with E-state index < -0.39 is 5.97 Å². The van der Waals surface area contributed by atoms with Crippen molar-refractivity contribution in [3.63, 3.8) is 0 Å². The molecule has 11 heavy (non-hydrogen) atoms. The van der Waals surface area contributed by atoms with E-state index >= 15 is 0 Å². The van der Waals surface area contributed by atoms with E-state index in [1.807, 2.05) is 12.2 Å². The minimum Gasteiger partial charge on any atom is -0.480 e. The van der Waals surface area contributed by atoms with Crippen molar-refractivity contribution in [1.82, 2.24) is 5.32 Å². The highest BCUT2D eigenvalue weighted by Crippen LogP contribution is 2.06. The third kappa shape index (κ3) is 2.89. The van der Waals surface area contributed by atoms with Crippen molar-refractivity contribution in [2.45, 2.75) is 12.8 Å². The predicted molar refractivity (Wildman–Crippen MR) is 42.1 cm³/mol. The number of nitrogens with one attached hydrogen (secondary N) is 1. The highest BCUT2D eigenvalue weighted by Gasteiger charge is 1.99. The molecule has 0 spiro atoms. The van der Waals surface area contributed by atoms with Crippen molar-refractivity contribution in [3.05, 3.63) is 23.9 Å². The number of rotatable bonds is 3. The molecule has 60 valence electrons. The van der Waals surface area contributed by atoms with E-state index in [1.54, 1.807) is 0 Å². The second-order valence-corrected chi connectivity index (χ2v) is 2.39. The minimum absolute atomic E-state index is 0.0136. The van der Waals surface area contributed by atoms with E-state index in [-0.39, 0.29) is 6.54 Å². The summed E-state index contributed by atoms with van der Waals surface area (Å²) in [5, 5.41) is 11.2. The highest BCUT2D eigenvalue weighted by molar-refractivity contribution is 5.69. The first-order valence-corrected chi connectivity index (χ1v) is 3.59. The molecule has 1 rings (SSSR count). The van der Waals surface area contributed by atoms with Crippen LogP contribution in [-0.2, 0) is 4.79 Å². The Bertz CT molecular complexity index is 206. The number of allylic oxidation sites excluding steroid dienone is 3. The van der Waals surface area contributed by atoms with Crippen LogP contribution in [0.5, 0.6) is 0 Å². The van der Waals surface area contributed by atoms with Gasteiger partial charge in [-0.15, -0.1) is 0 Å². The summed E-state index contributed by atoms with van der Waals surface area (Å²) in [5.41, 5.74) is 1.01. The first-order valence-electron chi connectivity index (χ1n) is 3.59. The zero-order valence-electron chi connectivity index (χ0n) is 6.21. The molecule has 0 aromatic heterocycles. The first-order chi connectivity index (χ1) is 5.29. The third-order valence-electron chi connectivity index (χ3n) is 1.47. The van der Waals surface area contributed by atoms with Crippen LogP contribution in [0.15, 0.2) is 23.9 Å². The molecule has 3 nitrogen and oxygen atoms in total. The van der Waals surface area contributed by atoms with E-state index in [4.69, 9.17) is 5.11 Å². The Morgan fingerprint density at radius 2 is 2.45 bits per heavy atom. The van der Waals surface area contributed by atoms with Gasteiger partial charge in [0.25, 0.3) is 0 Å². The Balaban J connectivity index is 2.26. The summed E-state index contributed by atoms with van der Waals surface area (Å²) >= 11 is 0. The van der Waals surface area contributed by atoms with Gasteiger partial charge < -0.3 is 10.4 Å². The standard InChI is InChI=1S/C8H11NO2/c10-8(11)6-9-7-4-2-1-3-5-7/h1-2,5,9H,3-4,6H2,(H,10,11). The van der Waals surface area contributed by atoms with Crippen LogP contribution in [0.3, 0.4) is 0 Å². The van der Waals surface area contributed by atoms with Gasteiger partial charge in [0.05, 0.1) is 0 Å². The van der Waals surface area contributed by atoms with Crippen LogP contribution in [-0.4, -0.2) is 17.6 Å². The van der Waals surface area contributed by atoms with Crippen LogP contribution in [0.4, 0.5) is 0 Å². The summed E-state index contributed by atoms with van der Waals surface area (Å²) in [5.74, 6) is -0.819. The largest absolute Gasteiger partial charge is 0.480 e. The first kappa shape index (κ1) is 7.85. The third-order valence-corrected chi connectivity index (χ3v) is 1.47. The van der Waals surface area contributed by atoms with Gasteiger partial charge in [0.1, 0.15) is 6.54 Å². The fourth-order valence-electron chi connectivity index (χ4n) is 0.934. The lowest BCUT2D eigenvalue weighted by molar-refractivity contribution is -0.135. The van der Waals surface area contributed by atoms with E-state index in [0.717, 1.165) is 18.5 Å².